The minimum absolute atomic E-state index is 0.0278. The van der Waals surface area contributed by atoms with Crippen molar-refractivity contribution in [1.82, 2.24) is 34.8 Å². The van der Waals surface area contributed by atoms with Crippen LogP contribution in [0.25, 0.3) is 17.1 Å². The minimum Gasteiger partial charge on any atom is -0.465 e. The van der Waals surface area contributed by atoms with Gasteiger partial charge in [-0.3, -0.25) is 9.59 Å². The number of nitrogens with one attached hydrogen (secondary N) is 1. The van der Waals surface area contributed by atoms with Crippen LogP contribution in [0, 0.1) is 0 Å². The molecule has 34 heavy (non-hydrogen) atoms. The molecule has 0 spiro atoms. The molecule has 0 unspecified atom stereocenters. The predicted octanol–water partition coefficient (Wildman–Crippen LogP) is 2.26. The molecule has 4 heterocycles. The van der Waals surface area contributed by atoms with Crippen LogP contribution in [0.2, 0.25) is 0 Å². The Morgan fingerprint density at radius 1 is 1.15 bits per heavy atom. The highest BCUT2D eigenvalue weighted by atomic mass is 16.3. The average molecular weight is 460 g/mol. The van der Waals surface area contributed by atoms with E-state index in [4.69, 9.17) is 4.42 Å². The van der Waals surface area contributed by atoms with Gasteiger partial charge in [-0.2, -0.15) is 0 Å². The van der Waals surface area contributed by atoms with Gasteiger partial charge in [-0.25, -0.2) is 9.67 Å². The maximum Gasteiger partial charge on any atom is 0.244 e. The van der Waals surface area contributed by atoms with E-state index in [0.29, 0.717) is 25.5 Å². The smallest absolute Gasteiger partial charge is 0.244 e. The lowest BCUT2D eigenvalue weighted by Crippen LogP contribution is -2.43. The summed E-state index contributed by atoms with van der Waals surface area (Å²) in [4.78, 5) is 30.9. The first-order valence-electron chi connectivity index (χ1n) is 11.2. The molecular formula is C24H25N7O3. The zero-order valence-corrected chi connectivity index (χ0v) is 18.6. The number of piperidine rings is 1. The number of hydrogen-bond acceptors (Lipinski definition) is 6. The van der Waals surface area contributed by atoms with Crippen LogP contribution < -0.4 is 5.32 Å². The van der Waals surface area contributed by atoms with Crippen molar-refractivity contribution in [2.45, 2.75) is 25.4 Å². The van der Waals surface area contributed by atoms with Crippen LogP contribution in [0.1, 0.15) is 30.3 Å². The molecule has 10 nitrogen and oxygen atoms in total. The lowest BCUT2D eigenvalue weighted by Gasteiger charge is -2.32. The summed E-state index contributed by atoms with van der Waals surface area (Å²) < 4.78 is 9.10. The number of hydrogen-bond donors (Lipinski definition) is 1. The van der Waals surface area contributed by atoms with Gasteiger partial charge in [0.1, 0.15) is 23.8 Å². The second-order valence-electron chi connectivity index (χ2n) is 8.20. The third kappa shape index (κ3) is 4.75. The van der Waals surface area contributed by atoms with E-state index in [0.717, 1.165) is 29.7 Å². The molecule has 1 aromatic carbocycles. The number of carbonyl (C=O) groups excluding carboxylic acids is 2. The van der Waals surface area contributed by atoms with E-state index in [1.165, 1.54) is 12.3 Å². The van der Waals surface area contributed by atoms with Crippen molar-refractivity contribution < 1.29 is 14.0 Å². The van der Waals surface area contributed by atoms with E-state index >= 15 is 0 Å². The number of carbonyl (C=O) groups is 2. The molecule has 10 heteroatoms. The Kier molecular flexibility index (Phi) is 6.19. The van der Waals surface area contributed by atoms with Gasteiger partial charge in [0.25, 0.3) is 0 Å². The number of imidazole rings is 1. The fraction of sp³-hybridized carbons (Fsp3) is 0.292. The normalized spacial score (nSPS) is 14.8. The Morgan fingerprint density at radius 3 is 2.82 bits per heavy atom. The average Bonchev–Trinajstić information content (AvgIpc) is 3.63. The maximum absolute atomic E-state index is 12.6. The molecule has 1 fully saturated rings. The quantitative estimate of drug-likeness (QED) is 0.425. The second kappa shape index (κ2) is 9.74. The van der Waals surface area contributed by atoms with Gasteiger partial charge in [0.05, 0.1) is 18.3 Å². The number of fused-ring (bicyclic) bond motifs is 1. The second-order valence-corrected chi connectivity index (χ2v) is 8.20. The monoisotopic (exact) mass is 459 g/mol. The van der Waals surface area contributed by atoms with Gasteiger partial charge in [0.2, 0.25) is 11.8 Å². The van der Waals surface area contributed by atoms with Gasteiger partial charge in [-0.15, -0.1) is 5.10 Å². The van der Waals surface area contributed by atoms with Crippen molar-refractivity contribution in [2.24, 2.45) is 0 Å². The van der Waals surface area contributed by atoms with Crippen molar-refractivity contribution in [3.63, 3.8) is 0 Å². The van der Waals surface area contributed by atoms with Crippen LogP contribution >= 0.6 is 0 Å². The third-order valence-electron chi connectivity index (χ3n) is 6.02. The summed E-state index contributed by atoms with van der Waals surface area (Å²) >= 11 is 0. The molecule has 1 N–H and O–H groups in total. The van der Waals surface area contributed by atoms with Gasteiger partial charge in [-0.05, 0) is 43.2 Å². The van der Waals surface area contributed by atoms with Crippen molar-refractivity contribution in [3.8, 4) is 0 Å². The summed E-state index contributed by atoms with van der Waals surface area (Å²) in [5.41, 5.74) is 1.84. The highest BCUT2D eigenvalue weighted by Gasteiger charge is 2.26. The number of furan rings is 1. The Morgan fingerprint density at radius 2 is 2.00 bits per heavy atom. The van der Waals surface area contributed by atoms with Gasteiger partial charge < -0.3 is 19.2 Å². The zero-order chi connectivity index (χ0) is 23.3. The van der Waals surface area contributed by atoms with Crippen molar-refractivity contribution in [2.75, 3.05) is 19.6 Å². The Hall–Kier alpha value is -4.21. The molecule has 5 rings (SSSR count). The Labute approximate surface area is 195 Å². The van der Waals surface area contributed by atoms with Gasteiger partial charge >= 0.3 is 0 Å². The Bertz CT molecular complexity index is 1300. The number of aromatic nitrogens is 5. The van der Waals surface area contributed by atoms with Gasteiger partial charge in [0.15, 0.2) is 0 Å². The summed E-state index contributed by atoms with van der Waals surface area (Å²) in [6, 6.07) is 11.4. The fourth-order valence-corrected chi connectivity index (χ4v) is 4.23. The number of nitrogens with zero attached hydrogens (tertiary/aromatic N) is 6. The zero-order valence-electron chi connectivity index (χ0n) is 18.6. The number of rotatable bonds is 7. The van der Waals surface area contributed by atoms with Crippen molar-refractivity contribution in [3.05, 3.63) is 72.7 Å². The lowest BCUT2D eigenvalue weighted by atomic mass is 9.96. The van der Waals surface area contributed by atoms with E-state index in [2.05, 4.69) is 25.2 Å². The van der Waals surface area contributed by atoms with E-state index < -0.39 is 0 Å². The first kappa shape index (κ1) is 21.6. The predicted molar refractivity (Wildman–Crippen MR) is 124 cm³/mol. The summed E-state index contributed by atoms with van der Waals surface area (Å²) in [5.74, 6) is 1.40. The third-order valence-corrected chi connectivity index (χ3v) is 6.02. The van der Waals surface area contributed by atoms with Gasteiger partial charge in [0, 0.05) is 37.5 Å². The van der Waals surface area contributed by atoms with Crippen LogP contribution in [0.5, 0.6) is 0 Å². The van der Waals surface area contributed by atoms with Crippen LogP contribution in [-0.4, -0.2) is 60.9 Å². The van der Waals surface area contributed by atoms with Gasteiger partial charge in [-0.1, -0.05) is 17.3 Å². The molecule has 0 radical (unpaired) electrons. The summed E-state index contributed by atoms with van der Waals surface area (Å²) in [6.07, 6.45) is 9.84. The molecule has 2 amide bonds. The molecular weight excluding hydrogens is 434 g/mol. The van der Waals surface area contributed by atoms with Crippen LogP contribution in [0.15, 0.2) is 65.5 Å². The largest absolute Gasteiger partial charge is 0.465 e. The molecule has 0 aliphatic carbocycles. The van der Waals surface area contributed by atoms with Crippen LogP contribution in [0.4, 0.5) is 0 Å². The highest BCUT2D eigenvalue weighted by Crippen LogP contribution is 2.27. The first-order chi connectivity index (χ1) is 16.7. The van der Waals surface area contributed by atoms with E-state index in [9.17, 15) is 9.59 Å². The van der Waals surface area contributed by atoms with E-state index in [1.54, 1.807) is 29.3 Å². The van der Waals surface area contributed by atoms with Crippen molar-refractivity contribution in [1.29, 1.82) is 0 Å². The minimum atomic E-state index is -0.331. The number of likely N-dealkylation sites (tertiary alicyclic amines) is 1. The van der Waals surface area contributed by atoms with Crippen LogP contribution in [-0.2, 0) is 16.3 Å². The molecule has 174 valence electrons. The molecule has 0 atom stereocenters. The van der Waals surface area contributed by atoms with Crippen LogP contribution in [0.3, 0.4) is 0 Å². The van der Waals surface area contributed by atoms with E-state index in [-0.39, 0.29) is 24.3 Å². The molecule has 1 aliphatic heterocycles. The standard InChI is InChI=1S/C24H25N7O3/c32-22(8-7-19-4-3-15-34-19)26-16-23(33)29-12-9-18(10-13-29)24-25-11-14-30(24)17-31-21-6-2-1-5-20(21)27-28-31/h1-8,11,14-15,18H,9-10,12-13,16-17H2,(H,26,32). The van der Waals surface area contributed by atoms with Crippen molar-refractivity contribution >= 4 is 28.9 Å². The topological polar surface area (TPSA) is 111 Å². The molecule has 1 saturated heterocycles. The molecule has 1 aliphatic rings. The van der Waals surface area contributed by atoms with E-state index in [1.807, 2.05) is 35.1 Å². The molecule has 4 aromatic rings. The summed E-state index contributed by atoms with van der Waals surface area (Å²) in [7, 11) is 0. The number of para-hydroxylation sites is 1. The summed E-state index contributed by atoms with van der Waals surface area (Å²) in [5, 5.41) is 11.1. The first-order valence-corrected chi connectivity index (χ1v) is 11.2. The number of benzene rings is 1. The molecule has 3 aromatic heterocycles. The Balaban J connectivity index is 1.13. The molecule has 0 bridgehead atoms. The highest BCUT2D eigenvalue weighted by molar-refractivity contribution is 5.94. The number of amides is 2. The maximum atomic E-state index is 12.6. The lowest BCUT2D eigenvalue weighted by molar-refractivity contribution is -0.133. The summed E-state index contributed by atoms with van der Waals surface area (Å²) in [6.45, 7) is 1.76. The SMILES string of the molecule is O=C(C=Cc1ccco1)NCC(=O)N1CCC(c2nccn2Cn2nnc3ccccc32)CC1. The fourth-order valence-electron chi connectivity index (χ4n) is 4.23. The molecule has 0 saturated carbocycles.